The second-order valence-corrected chi connectivity index (χ2v) is 5.04. The maximum Gasteiger partial charge on any atom is 0.327 e. The van der Waals surface area contributed by atoms with Crippen molar-refractivity contribution in [1.82, 2.24) is 15.0 Å². The Bertz CT molecular complexity index is 666. The average molecular weight is 285 g/mol. The largest absolute Gasteiger partial charge is 0.359 e. The Morgan fingerprint density at radius 1 is 1.19 bits per heavy atom. The highest BCUT2D eigenvalue weighted by Gasteiger charge is 2.36. The van der Waals surface area contributed by atoms with Crippen LogP contribution in [0.2, 0.25) is 0 Å². The van der Waals surface area contributed by atoms with Crippen molar-refractivity contribution in [2.75, 3.05) is 6.54 Å². The summed E-state index contributed by atoms with van der Waals surface area (Å²) in [6.45, 7) is 2.44. The quantitative estimate of drug-likeness (QED) is 0.805. The van der Waals surface area contributed by atoms with Crippen molar-refractivity contribution in [3.8, 4) is 0 Å². The van der Waals surface area contributed by atoms with Crippen LogP contribution in [-0.2, 0) is 17.9 Å². The molecule has 0 radical (unpaired) electrons. The van der Waals surface area contributed by atoms with Gasteiger partial charge in [-0.25, -0.2) is 4.79 Å². The minimum absolute atomic E-state index is 0.0748. The molecule has 0 saturated carbocycles. The summed E-state index contributed by atoms with van der Waals surface area (Å²) in [7, 11) is 0. The minimum atomic E-state index is -0.294. The van der Waals surface area contributed by atoms with Gasteiger partial charge in [0.2, 0.25) is 0 Å². The molecule has 0 bridgehead atoms. The van der Waals surface area contributed by atoms with Gasteiger partial charge in [0.15, 0.2) is 5.76 Å². The lowest BCUT2D eigenvalue weighted by molar-refractivity contribution is -0.125. The fourth-order valence-corrected chi connectivity index (χ4v) is 2.32. The van der Waals surface area contributed by atoms with Gasteiger partial charge in [0.25, 0.3) is 5.91 Å². The molecule has 0 aliphatic carbocycles. The average Bonchev–Trinajstić information content (AvgIpc) is 2.99. The van der Waals surface area contributed by atoms with Crippen molar-refractivity contribution in [1.29, 1.82) is 0 Å². The zero-order valence-electron chi connectivity index (χ0n) is 11.7. The van der Waals surface area contributed by atoms with Crippen LogP contribution in [0, 0.1) is 6.92 Å². The Labute approximate surface area is 121 Å². The molecule has 21 heavy (non-hydrogen) atoms. The number of hydrogen-bond acceptors (Lipinski definition) is 4. The van der Waals surface area contributed by atoms with E-state index in [0.29, 0.717) is 12.3 Å². The fourth-order valence-electron chi connectivity index (χ4n) is 2.32. The standard InChI is InChI=1S/C15H15N3O3/c1-11-7-13(21-16-11)9-17-10-14(19)18(15(17)20)8-12-5-3-2-4-6-12/h2-7H,8-10H2,1H3. The minimum Gasteiger partial charge on any atom is -0.359 e. The van der Waals surface area contributed by atoms with Gasteiger partial charge in [0, 0.05) is 6.07 Å². The molecular formula is C15H15N3O3. The predicted octanol–water partition coefficient (Wildman–Crippen LogP) is 1.95. The second-order valence-electron chi connectivity index (χ2n) is 5.04. The molecule has 0 atom stereocenters. The number of amides is 3. The topological polar surface area (TPSA) is 66.7 Å². The van der Waals surface area contributed by atoms with Gasteiger partial charge in [0.1, 0.15) is 6.54 Å². The van der Waals surface area contributed by atoms with Crippen LogP contribution >= 0.6 is 0 Å². The number of imide groups is 1. The molecule has 6 heteroatoms. The van der Waals surface area contributed by atoms with E-state index >= 15 is 0 Å². The molecule has 6 nitrogen and oxygen atoms in total. The SMILES string of the molecule is Cc1cc(CN2CC(=O)N(Cc3ccccc3)C2=O)on1. The fraction of sp³-hybridized carbons (Fsp3) is 0.267. The monoisotopic (exact) mass is 285 g/mol. The van der Waals surface area contributed by atoms with Gasteiger partial charge < -0.3 is 9.42 Å². The van der Waals surface area contributed by atoms with E-state index in [1.165, 1.54) is 9.80 Å². The third-order valence-corrected chi connectivity index (χ3v) is 3.34. The highest BCUT2D eigenvalue weighted by atomic mass is 16.5. The van der Waals surface area contributed by atoms with E-state index in [9.17, 15) is 9.59 Å². The van der Waals surface area contributed by atoms with E-state index in [-0.39, 0.29) is 25.0 Å². The Balaban J connectivity index is 1.70. The van der Waals surface area contributed by atoms with Crippen LogP contribution in [0.25, 0.3) is 0 Å². The molecular weight excluding hydrogens is 270 g/mol. The van der Waals surface area contributed by atoms with Crippen LogP contribution in [0.4, 0.5) is 4.79 Å². The van der Waals surface area contributed by atoms with E-state index in [1.807, 2.05) is 37.3 Å². The lowest BCUT2D eigenvalue weighted by atomic mass is 10.2. The van der Waals surface area contributed by atoms with Gasteiger partial charge in [-0.3, -0.25) is 9.69 Å². The number of rotatable bonds is 4. The van der Waals surface area contributed by atoms with Gasteiger partial charge in [-0.2, -0.15) is 0 Å². The number of aryl methyl sites for hydroxylation is 1. The van der Waals surface area contributed by atoms with Crippen LogP contribution in [0.5, 0.6) is 0 Å². The number of benzene rings is 1. The zero-order valence-corrected chi connectivity index (χ0v) is 11.7. The van der Waals surface area contributed by atoms with Crippen LogP contribution in [0.15, 0.2) is 40.9 Å². The van der Waals surface area contributed by atoms with Crippen molar-refractivity contribution in [2.45, 2.75) is 20.0 Å². The zero-order chi connectivity index (χ0) is 14.8. The smallest absolute Gasteiger partial charge is 0.327 e. The molecule has 1 aromatic carbocycles. The normalized spacial score (nSPS) is 15.1. The van der Waals surface area contributed by atoms with E-state index in [4.69, 9.17) is 4.52 Å². The summed E-state index contributed by atoms with van der Waals surface area (Å²) < 4.78 is 5.09. The molecule has 3 rings (SSSR count). The molecule has 1 aromatic heterocycles. The molecule has 0 unspecified atom stereocenters. The molecule has 1 aliphatic heterocycles. The van der Waals surface area contributed by atoms with Gasteiger partial charge in [-0.15, -0.1) is 0 Å². The van der Waals surface area contributed by atoms with Crippen LogP contribution in [0.1, 0.15) is 17.0 Å². The summed E-state index contributed by atoms with van der Waals surface area (Å²) in [5.74, 6) is 0.385. The molecule has 2 aromatic rings. The van der Waals surface area contributed by atoms with Crippen molar-refractivity contribution in [3.05, 3.63) is 53.4 Å². The first-order chi connectivity index (χ1) is 10.1. The molecule has 3 amide bonds. The molecule has 2 heterocycles. The second kappa shape index (κ2) is 5.40. The Morgan fingerprint density at radius 2 is 1.95 bits per heavy atom. The lowest BCUT2D eigenvalue weighted by Gasteiger charge is -2.15. The van der Waals surface area contributed by atoms with E-state index in [0.717, 1.165) is 11.3 Å². The molecule has 1 saturated heterocycles. The first kappa shape index (κ1) is 13.4. The maximum absolute atomic E-state index is 12.3. The lowest BCUT2D eigenvalue weighted by Crippen LogP contribution is -2.32. The third kappa shape index (κ3) is 2.79. The van der Waals surface area contributed by atoms with E-state index < -0.39 is 0 Å². The number of carbonyl (C=O) groups excluding carboxylic acids is 2. The summed E-state index contributed by atoms with van der Waals surface area (Å²) in [4.78, 5) is 27.0. The summed E-state index contributed by atoms with van der Waals surface area (Å²) >= 11 is 0. The van der Waals surface area contributed by atoms with Gasteiger partial charge in [-0.1, -0.05) is 35.5 Å². The summed E-state index contributed by atoms with van der Waals surface area (Å²) in [5.41, 5.74) is 1.68. The number of hydrogen-bond donors (Lipinski definition) is 0. The predicted molar refractivity (Wildman–Crippen MR) is 74.0 cm³/mol. The van der Waals surface area contributed by atoms with Crippen molar-refractivity contribution in [2.24, 2.45) is 0 Å². The molecule has 0 N–H and O–H groups in total. The number of urea groups is 1. The van der Waals surface area contributed by atoms with Gasteiger partial charge in [0.05, 0.1) is 18.8 Å². The summed E-state index contributed by atoms with van der Waals surface area (Å²) in [5, 5.41) is 3.78. The van der Waals surface area contributed by atoms with Gasteiger partial charge in [-0.05, 0) is 12.5 Å². The van der Waals surface area contributed by atoms with E-state index in [2.05, 4.69) is 5.16 Å². The Hall–Kier alpha value is -2.63. The molecule has 1 aliphatic rings. The third-order valence-electron chi connectivity index (χ3n) is 3.34. The number of nitrogens with zero attached hydrogens (tertiary/aromatic N) is 3. The molecule has 1 fully saturated rings. The highest BCUT2D eigenvalue weighted by Crippen LogP contribution is 2.17. The summed E-state index contributed by atoms with van der Waals surface area (Å²) in [6, 6.07) is 10.9. The van der Waals surface area contributed by atoms with E-state index in [1.54, 1.807) is 6.07 Å². The highest BCUT2D eigenvalue weighted by molar-refractivity contribution is 6.01. The maximum atomic E-state index is 12.3. The molecule has 108 valence electrons. The van der Waals surface area contributed by atoms with Crippen molar-refractivity contribution >= 4 is 11.9 Å². The van der Waals surface area contributed by atoms with Gasteiger partial charge >= 0.3 is 6.03 Å². The first-order valence-electron chi connectivity index (χ1n) is 6.69. The Kier molecular flexibility index (Phi) is 3.43. The van der Waals surface area contributed by atoms with Crippen LogP contribution in [0.3, 0.4) is 0 Å². The summed E-state index contributed by atoms with van der Waals surface area (Å²) in [6.07, 6.45) is 0. The van der Waals surface area contributed by atoms with Crippen molar-refractivity contribution in [3.63, 3.8) is 0 Å². The van der Waals surface area contributed by atoms with Crippen molar-refractivity contribution < 1.29 is 14.1 Å². The Morgan fingerprint density at radius 3 is 2.62 bits per heavy atom. The molecule has 0 spiro atoms. The van der Waals surface area contributed by atoms with Crippen LogP contribution in [-0.4, -0.2) is 33.4 Å². The number of aromatic nitrogens is 1. The van der Waals surface area contributed by atoms with Crippen LogP contribution < -0.4 is 0 Å². The first-order valence-corrected chi connectivity index (χ1v) is 6.69. The number of carbonyl (C=O) groups is 2.